The molecule has 2 heterocycles. The molecule has 2 unspecified atom stereocenters. The van der Waals surface area contributed by atoms with Crippen LogP contribution in [0.2, 0.25) is 0 Å². The highest BCUT2D eigenvalue weighted by Gasteiger charge is 2.47. The Labute approximate surface area is 179 Å². The summed E-state index contributed by atoms with van der Waals surface area (Å²) in [5, 5.41) is 24.1. The summed E-state index contributed by atoms with van der Waals surface area (Å²) in [4.78, 5) is 3.88. The Morgan fingerprint density at radius 1 is 1.12 bits per heavy atom. The molecule has 0 saturated heterocycles. The number of halogens is 4. The zero-order valence-corrected chi connectivity index (χ0v) is 16.6. The van der Waals surface area contributed by atoms with Crippen molar-refractivity contribution in [3.8, 4) is 16.9 Å². The Balaban J connectivity index is 1.66. The van der Waals surface area contributed by atoms with Gasteiger partial charge in [0.05, 0.1) is 29.2 Å². The number of aromatic nitrogens is 6. The van der Waals surface area contributed by atoms with Crippen molar-refractivity contribution in [3.05, 3.63) is 77.8 Å². The van der Waals surface area contributed by atoms with E-state index in [9.17, 15) is 22.7 Å². The summed E-state index contributed by atoms with van der Waals surface area (Å²) >= 11 is 0. The third-order valence-corrected chi connectivity index (χ3v) is 5.83. The summed E-state index contributed by atoms with van der Waals surface area (Å²) in [5.41, 5.74) is -0.291. The molecule has 1 aliphatic rings. The summed E-state index contributed by atoms with van der Waals surface area (Å²) in [5.74, 6) is -1.16. The van der Waals surface area contributed by atoms with Gasteiger partial charge in [-0.1, -0.05) is 12.1 Å². The second-order valence-corrected chi connectivity index (χ2v) is 7.71. The summed E-state index contributed by atoms with van der Waals surface area (Å²) in [6.45, 7) is 1.73. The van der Waals surface area contributed by atoms with E-state index in [-0.39, 0.29) is 6.54 Å². The van der Waals surface area contributed by atoms with Crippen LogP contribution in [0.15, 0.2) is 55.1 Å². The van der Waals surface area contributed by atoms with Crippen molar-refractivity contribution in [2.45, 2.75) is 31.2 Å². The second kappa shape index (κ2) is 6.95. The lowest BCUT2D eigenvalue weighted by Gasteiger charge is -2.38. The summed E-state index contributed by atoms with van der Waals surface area (Å²) in [6, 6.07) is 8.51. The average Bonchev–Trinajstić information content (AvgIpc) is 3.42. The van der Waals surface area contributed by atoms with Crippen LogP contribution in [0.5, 0.6) is 0 Å². The van der Waals surface area contributed by atoms with Gasteiger partial charge in [-0.15, -0.1) is 5.10 Å². The van der Waals surface area contributed by atoms with E-state index >= 15 is 0 Å². The molecule has 0 radical (unpaired) electrons. The summed E-state index contributed by atoms with van der Waals surface area (Å²) in [6.07, 6.45) is -1.69. The first-order valence-corrected chi connectivity index (χ1v) is 9.67. The number of rotatable bonds is 3. The third-order valence-electron chi connectivity index (χ3n) is 5.83. The molecule has 0 fully saturated rings. The molecule has 164 valence electrons. The predicted molar refractivity (Wildman–Crippen MR) is 104 cm³/mol. The van der Waals surface area contributed by atoms with E-state index in [1.807, 2.05) is 0 Å². The molecule has 0 amide bonds. The SMILES string of the molecule is CC1c2nnn(-c3ccc(C(F)(F)F)cc3)c2-c2ccc(F)cc2C1(O)Cn1cncn1. The smallest absolute Gasteiger partial charge is 0.382 e. The highest BCUT2D eigenvalue weighted by Crippen LogP contribution is 2.49. The van der Waals surface area contributed by atoms with Gasteiger partial charge < -0.3 is 5.11 Å². The third kappa shape index (κ3) is 3.08. The van der Waals surface area contributed by atoms with Crippen LogP contribution in [0.3, 0.4) is 0 Å². The molecular formula is C21H16F4N6O. The van der Waals surface area contributed by atoms with Gasteiger partial charge in [0.2, 0.25) is 0 Å². The van der Waals surface area contributed by atoms with Gasteiger partial charge in [-0.25, -0.2) is 18.7 Å². The zero-order valence-electron chi connectivity index (χ0n) is 16.6. The van der Waals surface area contributed by atoms with Crippen molar-refractivity contribution in [2.75, 3.05) is 0 Å². The van der Waals surface area contributed by atoms with Crippen LogP contribution in [0.25, 0.3) is 16.9 Å². The molecule has 2 aromatic heterocycles. The highest BCUT2D eigenvalue weighted by atomic mass is 19.4. The maximum absolute atomic E-state index is 14.2. The monoisotopic (exact) mass is 444 g/mol. The van der Waals surface area contributed by atoms with Crippen LogP contribution in [0.1, 0.15) is 29.7 Å². The normalized spacial score (nSPS) is 20.1. The predicted octanol–water partition coefficient (Wildman–Crippen LogP) is 3.69. The van der Waals surface area contributed by atoms with Crippen molar-refractivity contribution in [3.63, 3.8) is 0 Å². The fraction of sp³-hybridized carbons (Fsp3) is 0.238. The zero-order chi connectivity index (χ0) is 22.7. The van der Waals surface area contributed by atoms with Gasteiger partial charge in [-0.05, 0) is 48.0 Å². The quantitative estimate of drug-likeness (QED) is 0.488. The molecule has 11 heteroatoms. The Morgan fingerprint density at radius 2 is 1.88 bits per heavy atom. The average molecular weight is 444 g/mol. The maximum Gasteiger partial charge on any atom is 0.416 e. The Bertz CT molecular complexity index is 1280. The van der Waals surface area contributed by atoms with Gasteiger partial charge >= 0.3 is 6.18 Å². The van der Waals surface area contributed by atoms with Gasteiger partial charge in [0, 0.05) is 11.5 Å². The molecular weight excluding hydrogens is 428 g/mol. The molecule has 5 rings (SSSR count). The van der Waals surface area contributed by atoms with Crippen molar-refractivity contribution >= 4 is 0 Å². The van der Waals surface area contributed by atoms with Crippen molar-refractivity contribution in [2.24, 2.45) is 0 Å². The highest BCUT2D eigenvalue weighted by molar-refractivity contribution is 5.73. The van der Waals surface area contributed by atoms with E-state index in [0.717, 1.165) is 12.1 Å². The first-order chi connectivity index (χ1) is 15.2. The lowest BCUT2D eigenvalue weighted by atomic mass is 9.72. The first kappa shape index (κ1) is 20.3. The van der Waals surface area contributed by atoms with Gasteiger partial charge in [-0.2, -0.15) is 18.3 Å². The van der Waals surface area contributed by atoms with E-state index < -0.39 is 29.1 Å². The lowest BCUT2D eigenvalue weighted by molar-refractivity contribution is -0.137. The number of fused-ring (bicyclic) bond motifs is 3. The molecule has 2 aromatic carbocycles. The topological polar surface area (TPSA) is 81.6 Å². The maximum atomic E-state index is 14.2. The van der Waals surface area contributed by atoms with E-state index in [0.29, 0.717) is 28.2 Å². The van der Waals surface area contributed by atoms with E-state index in [1.54, 1.807) is 6.92 Å². The summed E-state index contributed by atoms with van der Waals surface area (Å²) in [7, 11) is 0. The lowest BCUT2D eigenvalue weighted by Crippen LogP contribution is -2.40. The number of nitrogens with zero attached hydrogens (tertiary/aromatic N) is 6. The van der Waals surface area contributed by atoms with Gasteiger partial charge in [0.25, 0.3) is 0 Å². The molecule has 2 atom stereocenters. The van der Waals surface area contributed by atoms with Crippen molar-refractivity contribution in [1.29, 1.82) is 0 Å². The van der Waals surface area contributed by atoms with Crippen LogP contribution in [-0.4, -0.2) is 34.9 Å². The molecule has 0 spiro atoms. The molecule has 0 aliphatic heterocycles. The standard InChI is InChI=1S/C21H16F4N6O/c1-12-18-19(31(29-28-18)15-5-2-13(3-6-15)21(23,24)25)16-7-4-14(22)8-17(16)20(12,32)9-30-11-26-10-27-30/h2-8,10-12,32H,9H2,1H3. The van der Waals surface area contributed by atoms with Gasteiger partial charge in [0.15, 0.2) is 0 Å². The fourth-order valence-corrected chi connectivity index (χ4v) is 4.13. The Hall–Kier alpha value is -3.60. The van der Waals surface area contributed by atoms with Crippen molar-refractivity contribution in [1.82, 2.24) is 29.8 Å². The van der Waals surface area contributed by atoms with E-state index in [2.05, 4.69) is 20.4 Å². The van der Waals surface area contributed by atoms with Gasteiger partial charge in [0.1, 0.15) is 24.1 Å². The number of hydrogen-bond donors (Lipinski definition) is 1. The van der Waals surface area contributed by atoms with Crippen LogP contribution in [0, 0.1) is 5.82 Å². The number of benzene rings is 2. The first-order valence-electron chi connectivity index (χ1n) is 9.67. The Kier molecular flexibility index (Phi) is 4.41. The fourth-order valence-electron chi connectivity index (χ4n) is 4.13. The molecule has 7 nitrogen and oxygen atoms in total. The Morgan fingerprint density at radius 3 is 2.53 bits per heavy atom. The molecule has 32 heavy (non-hydrogen) atoms. The van der Waals surface area contributed by atoms with Gasteiger partial charge in [-0.3, -0.25) is 0 Å². The second-order valence-electron chi connectivity index (χ2n) is 7.71. The van der Waals surface area contributed by atoms with E-state index in [1.165, 1.54) is 52.4 Å². The minimum Gasteiger partial charge on any atom is -0.382 e. The molecule has 1 N–H and O–H groups in total. The molecule has 0 saturated carbocycles. The molecule has 0 bridgehead atoms. The summed E-state index contributed by atoms with van der Waals surface area (Å²) < 4.78 is 55.9. The van der Waals surface area contributed by atoms with Crippen LogP contribution >= 0.6 is 0 Å². The minimum atomic E-state index is -4.46. The molecule has 1 aliphatic carbocycles. The van der Waals surface area contributed by atoms with Crippen LogP contribution in [-0.2, 0) is 18.3 Å². The van der Waals surface area contributed by atoms with Crippen LogP contribution < -0.4 is 0 Å². The minimum absolute atomic E-state index is 0.00278. The number of hydrogen-bond acceptors (Lipinski definition) is 5. The largest absolute Gasteiger partial charge is 0.416 e. The van der Waals surface area contributed by atoms with E-state index in [4.69, 9.17) is 0 Å². The number of alkyl halides is 3. The molecule has 4 aromatic rings. The number of aliphatic hydroxyl groups is 1. The van der Waals surface area contributed by atoms with Crippen LogP contribution in [0.4, 0.5) is 17.6 Å². The van der Waals surface area contributed by atoms with Crippen molar-refractivity contribution < 1.29 is 22.7 Å².